The van der Waals surface area contributed by atoms with Crippen molar-refractivity contribution in [3.05, 3.63) is 175 Å². The maximum absolute atomic E-state index is 2.53. The van der Waals surface area contributed by atoms with Gasteiger partial charge in [-0.3, -0.25) is 0 Å². The molecule has 0 bridgehead atoms. The second-order valence-electron chi connectivity index (χ2n) is 13.6. The summed E-state index contributed by atoms with van der Waals surface area (Å²) in [6, 6.07) is 58.0. The Morgan fingerprint density at radius 2 is 1.04 bits per heavy atom. The zero-order valence-corrected chi connectivity index (χ0v) is 28.7. The van der Waals surface area contributed by atoms with Crippen molar-refractivity contribution in [1.29, 1.82) is 0 Å². The van der Waals surface area contributed by atoms with Crippen LogP contribution in [0.25, 0.3) is 92.6 Å². The number of aryl methyl sites for hydroxylation is 1. The Morgan fingerprint density at radius 3 is 1.75 bits per heavy atom. The summed E-state index contributed by atoms with van der Waals surface area (Å²) < 4.78 is 7.57. The molecular weight excluding hydrogens is 637 g/mol. The van der Waals surface area contributed by atoms with E-state index in [1.165, 1.54) is 97.8 Å². The van der Waals surface area contributed by atoms with E-state index in [0.29, 0.717) is 0 Å². The largest absolute Gasteiger partial charge is 0.309 e. The van der Waals surface area contributed by atoms with Crippen LogP contribution in [0.3, 0.4) is 0 Å². The van der Waals surface area contributed by atoms with Crippen molar-refractivity contribution in [3.63, 3.8) is 0 Å². The van der Waals surface area contributed by atoms with E-state index in [-0.39, 0.29) is 0 Å². The lowest BCUT2D eigenvalue weighted by Crippen LogP contribution is -2.00. The molecule has 3 heteroatoms. The molecular formula is C48H32N2S. The van der Waals surface area contributed by atoms with Crippen molar-refractivity contribution in [3.8, 4) is 33.6 Å². The van der Waals surface area contributed by atoms with Crippen LogP contribution in [0.4, 0.5) is 0 Å². The fraction of sp³-hybridized carbons (Fsp3) is 0.0417. The molecule has 240 valence electrons. The van der Waals surface area contributed by atoms with Crippen molar-refractivity contribution in [1.82, 2.24) is 9.13 Å². The molecule has 0 spiro atoms. The van der Waals surface area contributed by atoms with Gasteiger partial charge in [-0.2, -0.15) is 0 Å². The minimum Gasteiger partial charge on any atom is -0.309 e. The van der Waals surface area contributed by atoms with Gasteiger partial charge in [0.25, 0.3) is 0 Å². The third-order valence-electron chi connectivity index (χ3n) is 10.8. The van der Waals surface area contributed by atoms with Crippen LogP contribution < -0.4 is 0 Å². The van der Waals surface area contributed by atoms with Crippen LogP contribution in [0, 0.1) is 0 Å². The van der Waals surface area contributed by atoms with Crippen LogP contribution in [-0.4, -0.2) is 9.13 Å². The van der Waals surface area contributed by atoms with E-state index in [2.05, 4.69) is 179 Å². The number of aromatic nitrogens is 2. The molecule has 51 heavy (non-hydrogen) atoms. The Kier molecular flexibility index (Phi) is 6.28. The van der Waals surface area contributed by atoms with Crippen LogP contribution >= 0.6 is 11.3 Å². The number of allylic oxidation sites excluding steroid dienone is 1. The van der Waals surface area contributed by atoms with Gasteiger partial charge in [0.05, 0.1) is 16.6 Å². The predicted octanol–water partition coefficient (Wildman–Crippen LogP) is 13.4. The minimum atomic E-state index is 1.06. The third-order valence-corrected chi connectivity index (χ3v) is 12.0. The standard InChI is InChI=1S/C48H32N2S/c1-2-10-31(11-3-1)34-22-28-45-41(30-34)47-46(51-45)29-27-40-39-14-6-9-17-44(39)50(48(40)47)36-25-20-33(21-26-36)32-18-23-35(24-19-32)49-42-15-7-4-12-37(42)38-13-5-8-16-43(38)49/h1-5,7-13,15-30H,6,14H2. The molecule has 11 rings (SSSR count). The number of thiophene rings is 1. The van der Waals surface area contributed by atoms with Gasteiger partial charge in [-0.05, 0) is 101 Å². The number of hydrogen-bond acceptors (Lipinski definition) is 1. The molecule has 0 N–H and O–H groups in total. The highest BCUT2D eigenvalue weighted by Gasteiger charge is 2.22. The topological polar surface area (TPSA) is 9.86 Å². The number of rotatable bonds is 4. The van der Waals surface area contributed by atoms with Gasteiger partial charge in [0.2, 0.25) is 0 Å². The number of nitrogens with zero attached hydrogens (tertiary/aromatic N) is 2. The second-order valence-corrected chi connectivity index (χ2v) is 14.7. The maximum Gasteiger partial charge on any atom is 0.0630 e. The van der Waals surface area contributed by atoms with E-state index >= 15 is 0 Å². The molecule has 0 radical (unpaired) electrons. The van der Waals surface area contributed by atoms with Crippen LogP contribution in [0.15, 0.2) is 164 Å². The molecule has 0 aliphatic heterocycles. The first-order valence-electron chi connectivity index (χ1n) is 17.7. The molecule has 3 heterocycles. The van der Waals surface area contributed by atoms with E-state index < -0.39 is 0 Å². The van der Waals surface area contributed by atoms with Gasteiger partial charge < -0.3 is 9.13 Å². The SMILES string of the molecule is C1=Cc2c(c3ccc4sc5ccc(-c6ccccc6)cc5c4c3n2-c2ccc(-c3ccc(-n4c5ccccc5c5ccccc54)cc3)cc2)CC1. The molecule has 0 fully saturated rings. The monoisotopic (exact) mass is 668 g/mol. The van der Waals surface area contributed by atoms with Crippen molar-refractivity contribution in [2.75, 3.05) is 0 Å². The molecule has 0 atom stereocenters. The van der Waals surface area contributed by atoms with Crippen LogP contribution in [0.5, 0.6) is 0 Å². The van der Waals surface area contributed by atoms with Gasteiger partial charge in [0, 0.05) is 53.4 Å². The second kappa shape index (κ2) is 11.2. The van der Waals surface area contributed by atoms with Crippen molar-refractivity contribution in [2.24, 2.45) is 0 Å². The van der Waals surface area contributed by atoms with Gasteiger partial charge in [0.1, 0.15) is 0 Å². The smallest absolute Gasteiger partial charge is 0.0630 e. The number of benzene rings is 7. The highest BCUT2D eigenvalue weighted by molar-refractivity contribution is 7.26. The lowest BCUT2D eigenvalue weighted by molar-refractivity contribution is 0.968. The normalized spacial score (nSPS) is 12.9. The summed E-state index contributed by atoms with van der Waals surface area (Å²) in [5.41, 5.74) is 13.9. The van der Waals surface area contributed by atoms with Gasteiger partial charge in [-0.1, -0.05) is 109 Å². The Hall–Kier alpha value is -6.16. The van der Waals surface area contributed by atoms with Crippen LogP contribution in [0.2, 0.25) is 0 Å². The van der Waals surface area contributed by atoms with Crippen molar-refractivity contribution >= 4 is 70.3 Å². The molecule has 1 aliphatic rings. The first-order valence-corrected chi connectivity index (χ1v) is 18.6. The molecule has 7 aromatic carbocycles. The summed E-state index contributed by atoms with van der Waals surface area (Å²) in [7, 11) is 0. The fourth-order valence-electron chi connectivity index (χ4n) is 8.47. The summed E-state index contributed by atoms with van der Waals surface area (Å²) in [5, 5.41) is 6.63. The average Bonchev–Trinajstić information content (AvgIpc) is 3.86. The zero-order chi connectivity index (χ0) is 33.5. The number of fused-ring (bicyclic) bond motifs is 10. The Labute approximate surface area is 299 Å². The first-order chi connectivity index (χ1) is 25.3. The average molecular weight is 669 g/mol. The summed E-state index contributed by atoms with van der Waals surface area (Å²) in [6.07, 6.45) is 6.82. The third kappa shape index (κ3) is 4.35. The number of para-hydroxylation sites is 2. The molecule has 3 aromatic heterocycles. The fourth-order valence-corrected chi connectivity index (χ4v) is 9.55. The Balaban J connectivity index is 1.04. The van der Waals surface area contributed by atoms with E-state index in [9.17, 15) is 0 Å². The molecule has 0 unspecified atom stereocenters. The zero-order valence-electron chi connectivity index (χ0n) is 27.9. The highest BCUT2D eigenvalue weighted by atomic mass is 32.1. The van der Waals surface area contributed by atoms with E-state index in [4.69, 9.17) is 0 Å². The van der Waals surface area contributed by atoms with E-state index in [0.717, 1.165) is 12.8 Å². The van der Waals surface area contributed by atoms with Crippen molar-refractivity contribution in [2.45, 2.75) is 12.8 Å². The summed E-state index contributed by atoms with van der Waals surface area (Å²) >= 11 is 1.90. The first kappa shape index (κ1) is 28.7. The van der Waals surface area contributed by atoms with Gasteiger partial charge in [-0.15, -0.1) is 11.3 Å². The molecule has 0 saturated heterocycles. The van der Waals surface area contributed by atoms with Gasteiger partial charge in [0.15, 0.2) is 0 Å². The summed E-state index contributed by atoms with van der Waals surface area (Å²) in [5.74, 6) is 0. The van der Waals surface area contributed by atoms with Gasteiger partial charge >= 0.3 is 0 Å². The van der Waals surface area contributed by atoms with Crippen LogP contribution in [-0.2, 0) is 6.42 Å². The maximum atomic E-state index is 2.53. The van der Waals surface area contributed by atoms with E-state index in [1.54, 1.807) is 0 Å². The molecule has 0 saturated carbocycles. The molecule has 0 amide bonds. The van der Waals surface area contributed by atoms with Gasteiger partial charge in [-0.25, -0.2) is 0 Å². The van der Waals surface area contributed by atoms with Crippen molar-refractivity contribution < 1.29 is 0 Å². The molecule has 1 aliphatic carbocycles. The minimum absolute atomic E-state index is 1.06. The highest BCUT2D eigenvalue weighted by Crippen LogP contribution is 2.44. The lowest BCUT2D eigenvalue weighted by atomic mass is 9.99. The molecule has 2 nitrogen and oxygen atoms in total. The lowest BCUT2D eigenvalue weighted by Gasteiger charge is -2.14. The predicted molar refractivity (Wildman–Crippen MR) is 219 cm³/mol. The Morgan fingerprint density at radius 1 is 0.451 bits per heavy atom. The van der Waals surface area contributed by atoms with E-state index in [1.807, 2.05) is 11.3 Å². The quantitative estimate of drug-likeness (QED) is 0.177. The molecule has 10 aromatic rings. The number of hydrogen-bond donors (Lipinski definition) is 0. The summed E-state index contributed by atoms with van der Waals surface area (Å²) in [4.78, 5) is 0. The Bertz CT molecular complexity index is 2940. The summed E-state index contributed by atoms with van der Waals surface area (Å²) in [6.45, 7) is 0. The van der Waals surface area contributed by atoms with Crippen LogP contribution in [0.1, 0.15) is 17.7 Å².